The zero-order valence-electron chi connectivity index (χ0n) is 7.20. The Morgan fingerprint density at radius 3 is 2.75 bits per heavy atom. The first-order chi connectivity index (χ1) is 5.65. The number of hydrogen-bond donors (Lipinski definition) is 1. The minimum atomic E-state index is -0.365. The van der Waals surface area contributed by atoms with Gasteiger partial charge in [0.2, 0.25) is 0 Å². The Hall–Kier alpha value is -1.45. The van der Waals surface area contributed by atoms with Crippen LogP contribution < -0.4 is 5.73 Å². The van der Waals surface area contributed by atoms with Gasteiger partial charge in [-0.15, -0.1) is 0 Å². The average Bonchev–Trinajstić information content (AvgIpc) is 2.30. The van der Waals surface area contributed by atoms with E-state index in [-0.39, 0.29) is 5.97 Å². The van der Waals surface area contributed by atoms with E-state index in [0.717, 1.165) is 0 Å². The molecule has 1 heterocycles. The van der Waals surface area contributed by atoms with Crippen LogP contribution in [0.15, 0.2) is 12.4 Å². The SMILES string of the molecule is CCOC(=O)c1cn(C)cc1N. The second kappa shape index (κ2) is 3.30. The molecule has 0 unspecified atom stereocenters. The summed E-state index contributed by atoms with van der Waals surface area (Å²) in [4.78, 5) is 11.2. The van der Waals surface area contributed by atoms with Gasteiger partial charge in [-0.2, -0.15) is 0 Å². The van der Waals surface area contributed by atoms with Crippen LogP contribution in [0, 0.1) is 0 Å². The fourth-order valence-electron chi connectivity index (χ4n) is 0.984. The first-order valence-electron chi connectivity index (χ1n) is 3.73. The number of carbonyl (C=O) groups excluding carboxylic acids is 1. The van der Waals surface area contributed by atoms with Gasteiger partial charge in [0.1, 0.15) is 5.56 Å². The van der Waals surface area contributed by atoms with Crippen LogP contribution in [-0.2, 0) is 11.8 Å². The molecule has 0 saturated heterocycles. The Balaban J connectivity index is 2.87. The van der Waals surface area contributed by atoms with E-state index in [1.54, 1.807) is 30.9 Å². The zero-order valence-corrected chi connectivity index (χ0v) is 7.20. The van der Waals surface area contributed by atoms with Crippen LogP contribution in [0.4, 0.5) is 5.69 Å². The Kier molecular flexibility index (Phi) is 2.38. The minimum absolute atomic E-state index is 0.365. The van der Waals surface area contributed by atoms with Crippen molar-refractivity contribution in [2.75, 3.05) is 12.3 Å². The van der Waals surface area contributed by atoms with E-state index in [4.69, 9.17) is 10.5 Å². The number of nitrogens with two attached hydrogens (primary N) is 1. The van der Waals surface area contributed by atoms with Crippen LogP contribution in [0.5, 0.6) is 0 Å². The molecule has 0 aromatic carbocycles. The largest absolute Gasteiger partial charge is 0.462 e. The maximum absolute atomic E-state index is 11.2. The van der Waals surface area contributed by atoms with Crippen molar-refractivity contribution < 1.29 is 9.53 Å². The summed E-state index contributed by atoms with van der Waals surface area (Å²) in [5, 5.41) is 0. The smallest absolute Gasteiger partial charge is 0.341 e. The van der Waals surface area contributed by atoms with E-state index in [1.165, 1.54) is 0 Å². The van der Waals surface area contributed by atoms with Gasteiger partial charge in [-0.1, -0.05) is 0 Å². The van der Waals surface area contributed by atoms with Gasteiger partial charge in [0.05, 0.1) is 12.3 Å². The van der Waals surface area contributed by atoms with Gasteiger partial charge in [0.15, 0.2) is 0 Å². The second-order valence-corrected chi connectivity index (χ2v) is 2.51. The predicted molar refractivity (Wildman–Crippen MR) is 45.8 cm³/mol. The molecule has 0 atom stereocenters. The van der Waals surface area contributed by atoms with Crippen molar-refractivity contribution in [1.29, 1.82) is 0 Å². The summed E-state index contributed by atoms with van der Waals surface area (Å²) in [6.45, 7) is 2.13. The summed E-state index contributed by atoms with van der Waals surface area (Å²) in [5.41, 5.74) is 6.44. The lowest BCUT2D eigenvalue weighted by Crippen LogP contribution is -2.05. The van der Waals surface area contributed by atoms with E-state index in [0.29, 0.717) is 17.9 Å². The molecular weight excluding hydrogens is 156 g/mol. The number of rotatable bonds is 2. The summed E-state index contributed by atoms with van der Waals surface area (Å²) in [6, 6.07) is 0. The van der Waals surface area contributed by atoms with E-state index < -0.39 is 0 Å². The average molecular weight is 168 g/mol. The first kappa shape index (κ1) is 8.64. The van der Waals surface area contributed by atoms with Crippen molar-refractivity contribution in [2.45, 2.75) is 6.92 Å². The highest BCUT2D eigenvalue weighted by molar-refractivity contribution is 5.94. The van der Waals surface area contributed by atoms with Crippen molar-refractivity contribution >= 4 is 11.7 Å². The lowest BCUT2D eigenvalue weighted by molar-refractivity contribution is 0.0527. The van der Waals surface area contributed by atoms with Gasteiger partial charge >= 0.3 is 5.97 Å². The molecule has 66 valence electrons. The molecule has 0 bridgehead atoms. The highest BCUT2D eigenvalue weighted by Crippen LogP contribution is 2.12. The van der Waals surface area contributed by atoms with Gasteiger partial charge < -0.3 is 15.0 Å². The van der Waals surface area contributed by atoms with E-state index >= 15 is 0 Å². The van der Waals surface area contributed by atoms with Crippen LogP contribution in [-0.4, -0.2) is 17.1 Å². The van der Waals surface area contributed by atoms with Crippen molar-refractivity contribution in [3.05, 3.63) is 18.0 Å². The lowest BCUT2D eigenvalue weighted by atomic mass is 10.3. The van der Waals surface area contributed by atoms with Gasteiger partial charge in [0.25, 0.3) is 0 Å². The van der Waals surface area contributed by atoms with E-state index in [2.05, 4.69) is 0 Å². The summed E-state index contributed by atoms with van der Waals surface area (Å²) in [6.07, 6.45) is 3.32. The molecule has 2 N–H and O–H groups in total. The van der Waals surface area contributed by atoms with E-state index in [1.807, 2.05) is 0 Å². The predicted octanol–water partition coefficient (Wildman–Crippen LogP) is 0.784. The van der Waals surface area contributed by atoms with E-state index in [9.17, 15) is 4.79 Å². The molecule has 12 heavy (non-hydrogen) atoms. The number of hydrogen-bond acceptors (Lipinski definition) is 3. The maximum Gasteiger partial charge on any atom is 0.341 e. The molecule has 0 aliphatic heterocycles. The Morgan fingerprint density at radius 1 is 1.67 bits per heavy atom. The molecule has 1 aromatic rings. The molecule has 0 fully saturated rings. The van der Waals surface area contributed by atoms with Gasteiger partial charge in [-0.25, -0.2) is 4.79 Å². The molecule has 0 aliphatic carbocycles. The number of anilines is 1. The topological polar surface area (TPSA) is 57.2 Å². The molecule has 0 amide bonds. The summed E-state index contributed by atoms with van der Waals surface area (Å²) in [5.74, 6) is -0.365. The third-order valence-electron chi connectivity index (χ3n) is 1.48. The zero-order chi connectivity index (χ0) is 9.14. The Morgan fingerprint density at radius 2 is 2.33 bits per heavy atom. The van der Waals surface area contributed by atoms with Crippen molar-refractivity contribution in [1.82, 2.24) is 4.57 Å². The summed E-state index contributed by atoms with van der Waals surface area (Å²) in [7, 11) is 1.80. The Bertz CT molecular complexity index is 291. The molecule has 4 heteroatoms. The summed E-state index contributed by atoms with van der Waals surface area (Å²) >= 11 is 0. The van der Waals surface area contributed by atoms with Crippen LogP contribution >= 0.6 is 0 Å². The van der Waals surface area contributed by atoms with Gasteiger partial charge in [-0.05, 0) is 6.92 Å². The monoisotopic (exact) mass is 168 g/mol. The minimum Gasteiger partial charge on any atom is -0.462 e. The standard InChI is InChI=1S/C8H12N2O2/c1-3-12-8(11)6-4-10(2)5-7(6)9/h4-5H,3,9H2,1-2H3. The molecule has 0 spiro atoms. The molecule has 4 nitrogen and oxygen atoms in total. The third kappa shape index (κ3) is 1.58. The highest BCUT2D eigenvalue weighted by atomic mass is 16.5. The number of aryl methyl sites for hydroxylation is 1. The fourth-order valence-corrected chi connectivity index (χ4v) is 0.984. The second-order valence-electron chi connectivity index (χ2n) is 2.51. The number of carbonyl (C=O) groups is 1. The van der Waals surface area contributed by atoms with Crippen LogP contribution in [0.25, 0.3) is 0 Å². The third-order valence-corrected chi connectivity index (χ3v) is 1.48. The molecule has 0 radical (unpaired) electrons. The lowest BCUT2D eigenvalue weighted by Gasteiger charge is -1.98. The van der Waals surface area contributed by atoms with Crippen LogP contribution in [0.3, 0.4) is 0 Å². The van der Waals surface area contributed by atoms with Gasteiger partial charge in [-0.3, -0.25) is 0 Å². The number of nitrogens with zero attached hydrogens (tertiary/aromatic N) is 1. The molecular formula is C8H12N2O2. The number of nitrogen functional groups attached to an aromatic ring is 1. The van der Waals surface area contributed by atoms with Crippen molar-refractivity contribution in [3.8, 4) is 0 Å². The number of aromatic nitrogens is 1. The Labute approximate surface area is 70.9 Å². The van der Waals surface area contributed by atoms with Crippen LogP contribution in [0.2, 0.25) is 0 Å². The molecule has 1 rings (SSSR count). The number of esters is 1. The molecule has 0 aliphatic rings. The number of ether oxygens (including phenoxy) is 1. The van der Waals surface area contributed by atoms with Crippen molar-refractivity contribution in [3.63, 3.8) is 0 Å². The summed E-state index contributed by atoms with van der Waals surface area (Å²) < 4.78 is 6.51. The van der Waals surface area contributed by atoms with Gasteiger partial charge in [0, 0.05) is 19.4 Å². The quantitative estimate of drug-likeness (QED) is 0.664. The highest BCUT2D eigenvalue weighted by Gasteiger charge is 2.11. The normalized spacial score (nSPS) is 9.83. The van der Waals surface area contributed by atoms with Crippen molar-refractivity contribution in [2.24, 2.45) is 7.05 Å². The first-order valence-corrected chi connectivity index (χ1v) is 3.73. The molecule has 0 saturated carbocycles. The van der Waals surface area contributed by atoms with Crippen LogP contribution in [0.1, 0.15) is 17.3 Å². The fraction of sp³-hybridized carbons (Fsp3) is 0.375. The molecule has 1 aromatic heterocycles. The maximum atomic E-state index is 11.2.